The molecule has 4 rings (SSSR count). The first kappa shape index (κ1) is 17.1. The number of carbonyl (C=O) groups is 1. The molecule has 1 aliphatic carbocycles. The summed E-state index contributed by atoms with van der Waals surface area (Å²) in [6.07, 6.45) is 4.27. The number of fused-ring (bicyclic) bond motifs is 1. The van der Waals surface area contributed by atoms with Crippen molar-refractivity contribution in [1.82, 2.24) is 14.7 Å². The summed E-state index contributed by atoms with van der Waals surface area (Å²) in [4.78, 5) is 14.6. The molecular weight excluding hydrogens is 330 g/mol. The number of nitrogens with zero attached hydrogens (tertiary/aromatic N) is 3. The number of amides is 1. The van der Waals surface area contributed by atoms with Crippen LogP contribution in [-0.2, 0) is 22.6 Å². The Morgan fingerprint density at radius 3 is 2.77 bits per heavy atom. The van der Waals surface area contributed by atoms with Crippen LogP contribution in [-0.4, -0.2) is 46.5 Å². The van der Waals surface area contributed by atoms with E-state index in [2.05, 4.69) is 5.10 Å². The fourth-order valence-corrected chi connectivity index (χ4v) is 3.14. The standard InChI is InChI=1S/C20H25N3O3/c1-15-2-6-18(7-3-15)26-14-20(24)22-10-17-8-9-21-23(17)12-19(11-22)25-13-16-4-5-16/h2-3,6-9,16,19H,4-5,10-14H2,1H3/t19-/m0/s1. The molecular formula is C20H25N3O3. The van der Waals surface area contributed by atoms with Gasteiger partial charge in [0.05, 0.1) is 24.9 Å². The van der Waals surface area contributed by atoms with E-state index in [-0.39, 0.29) is 18.6 Å². The fourth-order valence-electron chi connectivity index (χ4n) is 3.14. The van der Waals surface area contributed by atoms with Gasteiger partial charge in [-0.2, -0.15) is 5.10 Å². The minimum absolute atomic E-state index is 0.0275. The Labute approximate surface area is 153 Å². The second kappa shape index (κ2) is 7.50. The van der Waals surface area contributed by atoms with Crippen molar-refractivity contribution in [2.24, 2.45) is 5.92 Å². The first-order valence-electron chi connectivity index (χ1n) is 9.27. The molecule has 0 N–H and O–H groups in total. The number of benzene rings is 1. The summed E-state index contributed by atoms with van der Waals surface area (Å²) in [5.74, 6) is 1.38. The Bertz CT molecular complexity index is 752. The van der Waals surface area contributed by atoms with Crippen LogP contribution in [0.3, 0.4) is 0 Å². The van der Waals surface area contributed by atoms with Gasteiger partial charge in [0.2, 0.25) is 0 Å². The second-order valence-corrected chi connectivity index (χ2v) is 7.28. The van der Waals surface area contributed by atoms with Crippen molar-refractivity contribution in [3.8, 4) is 5.75 Å². The van der Waals surface area contributed by atoms with Crippen LogP contribution in [0.5, 0.6) is 5.75 Å². The molecule has 0 radical (unpaired) electrons. The monoisotopic (exact) mass is 355 g/mol. The topological polar surface area (TPSA) is 56.6 Å². The van der Waals surface area contributed by atoms with Crippen molar-refractivity contribution in [2.75, 3.05) is 19.8 Å². The van der Waals surface area contributed by atoms with Gasteiger partial charge in [0.25, 0.3) is 5.91 Å². The molecule has 0 saturated heterocycles. The maximum absolute atomic E-state index is 12.7. The lowest BCUT2D eigenvalue weighted by Gasteiger charge is -2.24. The molecule has 1 aromatic heterocycles. The number of hydrogen-bond donors (Lipinski definition) is 0. The van der Waals surface area contributed by atoms with Gasteiger partial charge >= 0.3 is 0 Å². The highest BCUT2D eigenvalue weighted by molar-refractivity contribution is 5.77. The normalized spacial score (nSPS) is 19.7. The average Bonchev–Trinajstić information content (AvgIpc) is 3.41. The van der Waals surface area contributed by atoms with Crippen molar-refractivity contribution in [1.29, 1.82) is 0 Å². The van der Waals surface area contributed by atoms with E-state index in [0.29, 0.717) is 31.3 Å². The molecule has 1 aliphatic heterocycles. The van der Waals surface area contributed by atoms with Gasteiger partial charge in [-0.25, -0.2) is 0 Å². The molecule has 26 heavy (non-hydrogen) atoms. The zero-order chi connectivity index (χ0) is 17.9. The number of aromatic nitrogens is 2. The number of hydrogen-bond acceptors (Lipinski definition) is 4. The second-order valence-electron chi connectivity index (χ2n) is 7.28. The molecule has 1 amide bonds. The molecule has 1 aromatic carbocycles. The summed E-state index contributed by atoms with van der Waals surface area (Å²) in [6.45, 7) is 4.65. The minimum atomic E-state index is -0.0277. The predicted molar refractivity (Wildman–Crippen MR) is 96.8 cm³/mol. The average molecular weight is 355 g/mol. The van der Waals surface area contributed by atoms with E-state index in [4.69, 9.17) is 9.47 Å². The SMILES string of the molecule is Cc1ccc(OCC(=O)N2Cc3ccnn3C[C@@H](OCC3CC3)C2)cc1. The highest BCUT2D eigenvalue weighted by Crippen LogP contribution is 2.29. The first-order chi connectivity index (χ1) is 12.7. The van der Waals surface area contributed by atoms with Gasteiger partial charge in [-0.05, 0) is 43.9 Å². The van der Waals surface area contributed by atoms with Gasteiger partial charge in [0.1, 0.15) is 5.75 Å². The number of carbonyl (C=O) groups excluding carboxylic acids is 1. The number of rotatable bonds is 6. The molecule has 1 fully saturated rings. The summed E-state index contributed by atoms with van der Waals surface area (Å²) in [6, 6.07) is 9.70. The lowest BCUT2D eigenvalue weighted by molar-refractivity contribution is -0.136. The maximum Gasteiger partial charge on any atom is 0.260 e. The molecule has 138 valence electrons. The molecule has 1 atom stereocenters. The van der Waals surface area contributed by atoms with E-state index in [1.54, 1.807) is 6.20 Å². The quantitative estimate of drug-likeness (QED) is 0.798. The summed E-state index contributed by atoms with van der Waals surface area (Å²) in [5.41, 5.74) is 2.20. The number of aryl methyl sites for hydroxylation is 1. The van der Waals surface area contributed by atoms with E-state index in [0.717, 1.165) is 12.3 Å². The molecule has 1 saturated carbocycles. The largest absolute Gasteiger partial charge is 0.484 e. The third kappa shape index (κ3) is 4.25. The molecule has 0 bridgehead atoms. The van der Waals surface area contributed by atoms with Crippen LogP contribution in [0.1, 0.15) is 24.1 Å². The van der Waals surface area contributed by atoms with Crippen LogP contribution in [0.2, 0.25) is 0 Å². The van der Waals surface area contributed by atoms with Gasteiger partial charge < -0.3 is 14.4 Å². The zero-order valence-electron chi connectivity index (χ0n) is 15.1. The maximum atomic E-state index is 12.7. The van der Waals surface area contributed by atoms with Crippen molar-refractivity contribution >= 4 is 5.91 Å². The predicted octanol–water partition coefficient (Wildman–Crippen LogP) is 2.41. The Kier molecular flexibility index (Phi) is 4.93. The molecule has 0 unspecified atom stereocenters. The molecule has 6 heteroatoms. The smallest absolute Gasteiger partial charge is 0.260 e. The van der Waals surface area contributed by atoms with Crippen LogP contribution < -0.4 is 4.74 Å². The Hall–Kier alpha value is -2.34. The Balaban J connectivity index is 1.39. The molecule has 2 aromatic rings. The minimum Gasteiger partial charge on any atom is -0.484 e. The summed E-state index contributed by atoms with van der Waals surface area (Å²) >= 11 is 0. The van der Waals surface area contributed by atoms with E-state index in [9.17, 15) is 4.79 Å². The fraction of sp³-hybridized carbons (Fsp3) is 0.500. The molecule has 6 nitrogen and oxygen atoms in total. The van der Waals surface area contributed by atoms with Gasteiger partial charge in [-0.1, -0.05) is 17.7 Å². The van der Waals surface area contributed by atoms with E-state index >= 15 is 0 Å². The molecule has 2 aliphatic rings. The van der Waals surface area contributed by atoms with Gasteiger partial charge in [-0.3, -0.25) is 9.48 Å². The highest BCUT2D eigenvalue weighted by atomic mass is 16.5. The Morgan fingerprint density at radius 1 is 1.19 bits per heavy atom. The molecule has 0 spiro atoms. The van der Waals surface area contributed by atoms with E-state index < -0.39 is 0 Å². The highest BCUT2D eigenvalue weighted by Gasteiger charge is 2.28. The van der Waals surface area contributed by atoms with Crippen LogP contribution in [0.15, 0.2) is 36.5 Å². The third-order valence-corrected chi connectivity index (χ3v) is 4.96. The lowest BCUT2D eigenvalue weighted by Crippen LogP contribution is -2.40. The summed E-state index contributed by atoms with van der Waals surface area (Å²) < 4.78 is 13.7. The van der Waals surface area contributed by atoms with Crippen molar-refractivity contribution < 1.29 is 14.3 Å². The van der Waals surface area contributed by atoms with Crippen LogP contribution in [0.25, 0.3) is 0 Å². The molecule has 2 heterocycles. The van der Waals surface area contributed by atoms with Gasteiger partial charge in [-0.15, -0.1) is 0 Å². The number of ether oxygens (including phenoxy) is 2. The van der Waals surface area contributed by atoms with E-state index in [1.807, 2.05) is 46.8 Å². The van der Waals surface area contributed by atoms with Gasteiger partial charge in [0, 0.05) is 19.3 Å². The van der Waals surface area contributed by atoms with Crippen molar-refractivity contribution in [3.63, 3.8) is 0 Å². The van der Waals surface area contributed by atoms with Crippen LogP contribution >= 0.6 is 0 Å². The third-order valence-electron chi connectivity index (χ3n) is 4.96. The van der Waals surface area contributed by atoms with Crippen LogP contribution in [0, 0.1) is 12.8 Å². The summed E-state index contributed by atoms with van der Waals surface area (Å²) in [7, 11) is 0. The van der Waals surface area contributed by atoms with E-state index in [1.165, 1.54) is 18.4 Å². The van der Waals surface area contributed by atoms with Crippen LogP contribution in [0.4, 0.5) is 0 Å². The zero-order valence-corrected chi connectivity index (χ0v) is 15.1. The Morgan fingerprint density at radius 2 is 2.00 bits per heavy atom. The summed E-state index contributed by atoms with van der Waals surface area (Å²) in [5, 5.41) is 4.37. The lowest BCUT2D eigenvalue weighted by atomic mass is 10.2. The van der Waals surface area contributed by atoms with Crippen molar-refractivity contribution in [3.05, 3.63) is 47.8 Å². The van der Waals surface area contributed by atoms with Crippen molar-refractivity contribution in [2.45, 2.75) is 39.0 Å². The first-order valence-corrected chi connectivity index (χ1v) is 9.27. The van der Waals surface area contributed by atoms with Gasteiger partial charge in [0.15, 0.2) is 6.61 Å².